The van der Waals surface area contributed by atoms with Gasteiger partial charge in [0.25, 0.3) is 0 Å². The molecule has 0 bridgehead atoms. The Kier molecular flexibility index (Phi) is 4.97. The third-order valence-corrected chi connectivity index (χ3v) is 2.16. The van der Waals surface area contributed by atoms with Crippen molar-refractivity contribution in [2.45, 2.75) is 20.3 Å². The highest BCUT2D eigenvalue weighted by Crippen LogP contribution is 2.28. The van der Waals surface area contributed by atoms with Crippen LogP contribution in [0.25, 0.3) is 0 Å². The molecule has 0 saturated heterocycles. The van der Waals surface area contributed by atoms with Crippen molar-refractivity contribution in [3.05, 3.63) is 23.2 Å². The molecule has 1 rings (SSSR count). The van der Waals surface area contributed by atoms with Crippen LogP contribution in [0.4, 0.5) is 5.69 Å². The van der Waals surface area contributed by atoms with Crippen molar-refractivity contribution >= 4 is 29.0 Å². The molecule has 0 aliphatic heterocycles. The van der Waals surface area contributed by atoms with Gasteiger partial charge in [0, 0.05) is 5.02 Å². The van der Waals surface area contributed by atoms with Crippen molar-refractivity contribution in [2.24, 2.45) is 0 Å². The van der Waals surface area contributed by atoms with Gasteiger partial charge in [0.1, 0.15) is 11.5 Å². The largest absolute Gasteiger partial charge is 0.492 e. The minimum absolute atomic E-state index is 0.155. The van der Waals surface area contributed by atoms with E-state index in [9.17, 15) is 9.59 Å². The van der Waals surface area contributed by atoms with Crippen LogP contribution in [0.15, 0.2) is 18.2 Å². The summed E-state index contributed by atoms with van der Waals surface area (Å²) < 4.78 is 5.34. The molecule has 4 nitrogen and oxygen atoms in total. The van der Waals surface area contributed by atoms with Gasteiger partial charge in [0.2, 0.25) is 5.91 Å². The Labute approximate surface area is 105 Å². The van der Waals surface area contributed by atoms with Crippen LogP contribution in [0.5, 0.6) is 5.75 Å². The summed E-state index contributed by atoms with van der Waals surface area (Å²) in [5, 5.41) is 3.09. The maximum atomic E-state index is 11.5. The van der Waals surface area contributed by atoms with E-state index in [1.165, 1.54) is 6.92 Å². The number of ether oxygens (including phenoxy) is 1. The minimum atomic E-state index is -0.374. The highest BCUT2D eigenvalue weighted by atomic mass is 35.5. The van der Waals surface area contributed by atoms with Crippen LogP contribution in [0.2, 0.25) is 5.02 Å². The summed E-state index contributed by atoms with van der Waals surface area (Å²) in [7, 11) is 0. The standard InChI is InChI=1S/C12H14ClNO3/c1-3-17-11-5-4-9(13)7-10(11)14-12(16)6-8(2)15/h4-5,7H,3,6H2,1-2H3,(H,14,16). The van der Waals surface area contributed by atoms with Gasteiger partial charge in [-0.1, -0.05) is 11.6 Å². The molecule has 1 aromatic carbocycles. The number of ketones is 1. The number of amides is 1. The predicted molar refractivity (Wildman–Crippen MR) is 66.5 cm³/mol. The highest BCUT2D eigenvalue weighted by Gasteiger charge is 2.10. The van der Waals surface area contributed by atoms with E-state index in [-0.39, 0.29) is 18.1 Å². The predicted octanol–water partition coefficient (Wildman–Crippen LogP) is 2.66. The van der Waals surface area contributed by atoms with Crippen molar-refractivity contribution in [1.82, 2.24) is 0 Å². The summed E-state index contributed by atoms with van der Waals surface area (Å²) in [6.45, 7) is 3.69. The molecule has 0 atom stereocenters. The summed E-state index contributed by atoms with van der Waals surface area (Å²) in [5.41, 5.74) is 0.477. The Bertz CT molecular complexity index is 432. The third-order valence-electron chi connectivity index (χ3n) is 1.93. The zero-order chi connectivity index (χ0) is 12.8. The number of anilines is 1. The second-order valence-electron chi connectivity index (χ2n) is 3.50. The zero-order valence-electron chi connectivity index (χ0n) is 9.75. The molecule has 1 N–H and O–H groups in total. The Morgan fingerprint density at radius 2 is 2.12 bits per heavy atom. The number of nitrogens with one attached hydrogen (secondary N) is 1. The maximum absolute atomic E-state index is 11.5. The van der Waals surface area contributed by atoms with E-state index in [4.69, 9.17) is 16.3 Å². The van der Waals surface area contributed by atoms with Crippen molar-refractivity contribution < 1.29 is 14.3 Å². The quantitative estimate of drug-likeness (QED) is 0.823. The molecule has 1 aromatic rings. The highest BCUT2D eigenvalue weighted by molar-refractivity contribution is 6.31. The number of hydrogen-bond donors (Lipinski definition) is 1. The molecule has 0 heterocycles. The first kappa shape index (κ1) is 13.5. The average molecular weight is 256 g/mol. The Morgan fingerprint density at radius 1 is 1.41 bits per heavy atom. The number of rotatable bonds is 5. The number of hydrogen-bond acceptors (Lipinski definition) is 3. The Balaban J connectivity index is 2.84. The van der Waals surface area contributed by atoms with E-state index >= 15 is 0 Å². The van der Waals surface area contributed by atoms with E-state index < -0.39 is 0 Å². The first-order chi connectivity index (χ1) is 8.02. The lowest BCUT2D eigenvalue weighted by molar-refractivity contribution is -0.124. The lowest BCUT2D eigenvalue weighted by Gasteiger charge is -2.11. The van der Waals surface area contributed by atoms with E-state index in [0.717, 1.165) is 0 Å². The molecule has 0 unspecified atom stereocenters. The molecule has 0 aromatic heterocycles. The maximum Gasteiger partial charge on any atom is 0.231 e. The molecule has 1 amide bonds. The molecule has 0 saturated carbocycles. The Morgan fingerprint density at radius 3 is 2.71 bits per heavy atom. The van der Waals surface area contributed by atoms with E-state index in [2.05, 4.69) is 5.32 Å². The normalized spacial score (nSPS) is 9.82. The number of carbonyl (C=O) groups is 2. The van der Waals surface area contributed by atoms with Gasteiger partial charge < -0.3 is 10.1 Å². The van der Waals surface area contributed by atoms with Gasteiger partial charge in [-0.2, -0.15) is 0 Å². The van der Waals surface area contributed by atoms with Gasteiger partial charge >= 0.3 is 0 Å². The van der Waals surface area contributed by atoms with E-state index in [1.54, 1.807) is 18.2 Å². The van der Waals surface area contributed by atoms with Gasteiger partial charge in [0.05, 0.1) is 18.7 Å². The van der Waals surface area contributed by atoms with Gasteiger partial charge in [-0.15, -0.1) is 0 Å². The number of Topliss-reactive ketones (excluding diaryl/α,β-unsaturated/α-hetero) is 1. The van der Waals surface area contributed by atoms with Crippen LogP contribution < -0.4 is 10.1 Å². The summed E-state index contributed by atoms with van der Waals surface area (Å²) >= 11 is 5.83. The smallest absolute Gasteiger partial charge is 0.231 e. The molecule has 0 aliphatic carbocycles. The number of halogens is 1. The van der Waals surface area contributed by atoms with Crippen molar-refractivity contribution in [3.63, 3.8) is 0 Å². The topological polar surface area (TPSA) is 55.4 Å². The number of carbonyl (C=O) groups excluding carboxylic acids is 2. The molecule has 5 heteroatoms. The lowest BCUT2D eigenvalue weighted by Crippen LogP contribution is -2.15. The summed E-state index contributed by atoms with van der Waals surface area (Å²) in [4.78, 5) is 22.3. The molecule has 0 fully saturated rings. The average Bonchev–Trinajstić information content (AvgIpc) is 2.21. The minimum Gasteiger partial charge on any atom is -0.492 e. The van der Waals surface area contributed by atoms with E-state index in [0.29, 0.717) is 23.1 Å². The van der Waals surface area contributed by atoms with E-state index in [1.807, 2.05) is 6.92 Å². The molecule has 92 valence electrons. The zero-order valence-corrected chi connectivity index (χ0v) is 10.5. The summed E-state index contributed by atoms with van der Waals surface area (Å²) in [6, 6.07) is 4.94. The fraction of sp³-hybridized carbons (Fsp3) is 0.333. The van der Waals surface area contributed by atoms with Crippen LogP contribution >= 0.6 is 11.6 Å². The molecular weight excluding hydrogens is 242 g/mol. The number of benzene rings is 1. The van der Waals surface area contributed by atoms with Crippen LogP contribution in [0.3, 0.4) is 0 Å². The summed E-state index contributed by atoms with van der Waals surface area (Å²) in [6.07, 6.45) is -0.155. The molecular formula is C12H14ClNO3. The Hall–Kier alpha value is -1.55. The van der Waals surface area contributed by atoms with Crippen molar-refractivity contribution in [2.75, 3.05) is 11.9 Å². The molecule has 17 heavy (non-hydrogen) atoms. The van der Waals surface area contributed by atoms with Gasteiger partial charge in [-0.3, -0.25) is 9.59 Å². The first-order valence-electron chi connectivity index (χ1n) is 5.24. The summed E-state index contributed by atoms with van der Waals surface area (Å²) in [5.74, 6) is -0.0305. The third kappa shape index (κ3) is 4.44. The SMILES string of the molecule is CCOc1ccc(Cl)cc1NC(=O)CC(C)=O. The second-order valence-corrected chi connectivity index (χ2v) is 3.94. The lowest BCUT2D eigenvalue weighted by atomic mass is 10.2. The molecule has 0 spiro atoms. The van der Waals surface area contributed by atoms with Gasteiger partial charge in [-0.25, -0.2) is 0 Å². The van der Waals surface area contributed by atoms with Crippen LogP contribution in [0.1, 0.15) is 20.3 Å². The fourth-order valence-electron chi connectivity index (χ4n) is 1.30. The van der Waals surface area contributed by atoms with Crippen molar-refractivity contribution in [3.8, 4) is 5.75 Å². The molecule has 0 radical (unpaired) electrons. The van der Waals surface area contributed by atoms with Crippen LogP contribution in [-0.2, 0) is 9.59 Å². The first-order valence-corrected chi connectivity index (χ1v) is 5.62. The van der Waals surface area contributed by atoms with Gasteiger partial charge in [-0.05, 0) is 32.0 Å². The fourth-order valence-corrected chi connectivity index (χ4v) is 1.47. The molecule has 0 aliphatic rings. The second kappa shape index (κ2) is 6.25. The monoisotopic (exact) mass is 255 g/mol. The van der Waals surface area contributed by atoms with Gasteiger partial charge in [0.15, 0.2) is 0 Å². The van der Waals surface area contributed by atoms with Crippen molar-refractivity contribution in [1.29, 1.82) is 0 Å². The van der Waals surface area contributed by atoms with Crippen LogP contribution in [-0.4, -0.2) is 18.3 Å². The van der Waals surface area contributed by atoms with Crippen LogP contribution in [0, 0.1) is 0 Å².